The lowest BCUT2D eigenvalue weighted by Crippen LogP contribution is -2.62. The van der Waals surface area contributed by atoms with Crippen LogP contribution in [-0.2, 0) is 16.1 Å². The van der Waals surface area contributed by atoms with Gasteiger partial charge in [-0.25, -0.2) is 0 Å². The summed E-state index contributed by atoms with van der Waals surface area (Å²) in [6, 6.07) is 7.96. The number of ketones is 1. The normalized spacial score (nSPS) is 27.0. The summed E-state index contributed by atoms with van der Waals surface area (Å²) in [5, 5.41) is 28.2. The quantitative estimate of drug-likeness (QED) is 0.456. The Balaban J connectivity index is 1.72. The van der Waals surface area contributed by atoms with E-state index in [-0.39, 0.29) is 39.3 Å². The maximum Gasteiger partial charge on any atom is 0.280 e. The summed E-state index contributed by atoms with van der Waals surface area (Å²) in [5.74, 6) is -3.52. The molecule has 1 fully saturated rings. The van der Waals surface area contributed by atoms with Crippen molar-refractivity contribution < 1.29 is 29.2 Å². The summed E-state index contributed by atoms with van der Waals surface area (Å²) in [6.07, 6.45) is 0. The molecular formula is C22H19N3O7S. The maximum absolute atomic E-state index is 13.9. The number of nitro groups is 1. The molecule has 0 saturated carbocycles. The van der Waals surface area contributed by atoms with E-state index in [4.69, 9.17) is 4.74 Å². The zero-order valence-electron chi connectivity index (χ0n) is 17.6. The van der Waals surface area contributed by atoms with Crippen LogP contribution in [0.1, 0.15) is 46.8 Å². The van der Waals surface area contributed by atoms with E-state index < -0.39 is 39.7 Å². The zero-order valence-corrected chi connectivity index (χ0v) is 18.4. The number of carbonyl (C=O) groups is 3. The second-order valence-corrected chi connectivity index (χ2v) is 9.47. The van der Waals surface area contributed by atoms with Gasteiger partial charge in [0.2, 0.25) is 17.2 Å². The van der Waals surface area contributed by atoms with Crippen LogP contribution in [0.15, 0.2) is 36.4 Å². The molecule has 10 nitrogen and oxygen atoms in total. The smallest absolute Gasteiger partial charge is 0.280 e. The molecule has 0 radical (unpaired) electrons. The lowest BCUT2D eigenvalue weighted by Gasteiger charge is -2.35. The Morgan fingerprint density at radius 3 is 2.70 bits per heavy atom. The van der Waals surface area contributed by atoms with Gasteiger partial charge >= 0.3 is 0 Å². The molecule has 2 aliphatic heterocycles. The van der Waals surface area contributed by atoms with Crippen LogP contribution in [0.25, 0.3) is 0 Å². The number of benzene rings is 2. The minimum atomic E-state index is -2.41. The fourth-order valence-corrected chi connectivity index (χ4v) is 5.43. The molecule has 3 atom stereocenters. The Kier molecular flexibility index (Phi) is 4.56. The molecule has 2 amide bonds. The van der Waals surface area contributed by atoms with Crippen LogP contribution in [0.4, 0.5) is 10.5 Å². The van der Waals surface area contributed by atoms with Crippen molar-refractivity contribution >= 4 is 34.4 Å². The van der Waals surface area contributed by atoms with E-state index in [2.05, 4.69) is 10.6 Å². The summed E-state index contributed by atoms with van der Waals surface area (Å²) in [7, 11) is 0. The number of hydrogen-bond acceptors (Lipinski definition) is 8. The number of hydrogen-bond donors (Lipinski definition) is 3. The number of aliphatic hydroxyl groups is 1. The minimum absolute atomic E-state index is 0.103. The van der Waals surface area contributed by atoms with E-state index in [1.165, 1.54) is 12.1 Å². The predicted octanol–water partition coefficient (Wildman–Crippen LogP) is 2.29. The van der Waals surface area contributed by atoms with Gasteiger partial charge in [0.15, 0.2) is 0 Å². The van der Waals surface area contributed by atoms with Gasteiger partial charge < -0.3 is 20.5 Å². The molecule has 1 saturated heterocycles. The second kappa shape index (κ2) is 7.03. The van der Waals surface area contributed by atoms with Crippen LogP contribution in [0.5, 0.6) is 5.75 Å². The van der Waals surface area contributed by atoms with Crippen molar-refractivity contribution in [1.82, 2.24) is 10.6 Å². The molecule has 170 valence electrons. The first-order valence-electron chi connectivity index (χ1n) is 10.2. The summed E-state index contributed by atoms with van der Waals surface area (Å²) < 4.78 is 5.93. The van der Waals surface area contributed by atoms with Crippen LogP contribution in [0.2, 0.25) is 0 Å². The lowest BCUT2D eigenvalue weighted by atomic mass is 9.82. The van der Waals surface area contributed by atoms with Gasteiger partial charge in [-0.3, -0.25) is 24.5 Å². The Hall–Kier alpha value is -3.44. The highest BCUT2D eigenvalue weighted by Crippen LogP contribution is 2.59. The van der Waals surface area contributed by atoms with Gasteiger partial charge in [0.25, 0.3) is 16.7 Å². The Morgan fingerprint density at radius 2 is 2.06 bits per heavy atom. The van der Waals surface area contributed by atoms with Crippen molar-refractivity contribution in [2.45, 2.75) is 37.1 Å². The highest BCUT2D eigenvalue weighted by molar-refractivity contribution is 8.14. The van der Waals surface area contributed by atoms with Gasteiger partial charge in [-0.2, -0.15) is 0 Å². The van der Waals surface area contributed by atoms with E-state index >= 15 is 0 Å². The molecule has 3 N–H and O–H groups in total. The van der Waals surface area contributed by atoms with E-state index in [9.17, 15) is 29.6 Å². The third kappa shape index (κ3) is 2.75. The number of thioether (sulfide) groups is 1. The molecule has 5 rings (SSSR count). The summed E-state index contributed by atoms with van der Waals surface area (Å²) >= 11 is 0.920. The van der Waals surface area contributed by atoms with E-state index in [0.29, 0.717) is 0 Å². The third-order valence-electron chi connectivity index (χ3n) is 6.31. The first-order valence-corrected chi connectivity index (χ1v) is 11.2. The first kappa shape index (κ1) is 21.4. The number of rotatable bonds is 4. The Morgan fingerprint density at radius 1 is 1.30 bits per heavy atom. The van der Waals surface area contributed by atoms with Crippen LogP contribution >= 0.6 is 11.8 Å². The van der Waals surface area contributed by atoms with Crippen molar-refractivity contribution in [2.24, 2.45) is 0 Å². The molecule has 0 spiro atoms. The van der Waals surface area contributed by atoms with Crippen molar-refractivity contribution in [3.63, 3.8) is 0 Å². The molecule has 2 heterocycles. The van der Waals surface area contributed by atoms with Crippen molar-refractivity contribution in [2.75, 3.05) is 5.75 Å². The fraction of sp³-hybridized carbons (Fsp3) is 0.318. The average Bonchev–Trinajstić information content (AvgIpc) is 3.37. The zero-order chi connectivity index (χ0) is 23.7. The SMILES string of the molecule is CC(C)c1ccc2c(c1)OC1(O)c3cccc([N+](=O)[O-])c3C(=O)C21NC(=O)[C@@H]1CSC(=O)N1. The second-order valence-electron chi connectivity index (χ2n) is 8.48. The van der Waals surface area contributed by atoms with Gasteiger partial charge in [0, 0.05) is 22.9 Å². The average molecular weight is 469 g/mol. The van der Waals surface area contributed by atoms with Crippen molar-refractivity contribution in [3.8, 4) is 5.75 Å². The molecule has 2 aromatic carbocycles. The van der Waals surface area contributed by atoms with Crippen LogP contribution in [0, 0.1) is 10.1 Å². The van der Waals surface area contributed by atoms with Crippen molar-refractivity contribution in [3.05, 3.63) is 68.8 Å². The minimum Gasteiger partial charge on any atom is -0.454 e. The lowest BCUT2D eigenvalue weighted by molar-refractivity contribution is -0.385. The number of nitrogens with zero attached hydrogens (tertiary/aromatic N) is 1. The highest BCUT2D eigenvalue weighted by Gasteiger charge is 2.73. The molecule has 3 aliphatic rings. The summed E-state index contributed by atoms with van der Waals surface area (Å²) in [5.41, 5.74) is -2.01. The predicted molar refractivity (Wildman–Crippen MR) is 117 cm³/mol. The van der Waals surface area contributed by atoms with Gasteiger partial charge in [0.05, 0.1) is 4.92 Å². The standard InChI is InChI=1S/C22H19N3O7S/c1-10(2)11-6-7-12-16(8-11)32-22(29)13-4-3-5-15(25(30)31)17(13)18(26)21(12,22)24-19(27)14-9-33-20(28)23-14/h3-8,10,14,29H,9H2,1-2H3,(H,23,28)(H,24,27)/t14-,21?,22?/m0/s1. The molecule has 0 bridgehead atoms. The van der Waals surface area contributed by atoms with Crippen molar-refractivity contribution in [1.29, 1.82) is 0 Å². The summed E-state index contributed by atoms with van der Waals surface area (Å²) in [6.45, 7) is 3.93. The molecule has 0 aromatic heterocycles. The number of carbonyl (C=O) groups excluding carboxylic acids is 3. The number of amides is 2. The number of Topliss-reactive ketones (excluding diaryl/α,β-unsaturated/α-hetero) is 1. The molecular weight excluding hydrogens is 450 g/mol. The first-order chi connectivity index (χ1) is 15.6. The van der Waals surface area contributed by atoms with E-state index in [1.54, 1.807) is 18.2 Å². The molecule has 2 aromatic rings. The van der Waals surface area contributed by atoms with Gasteiger partial charge in [-0.05, 0) is 17.5 Å². The van der Waals surface area contributed by atoms with Crippen LogP contribution < -0.4 is 15.4 Å². The number of ether oxygens (including phenoxy) is 1. The maximum atomic E-state index is 13.9. The number of nitrogens with one attached hydrogen (secondary N) is 2. The van der Waals surface area contributed by atoms with Gasteiger partial charge in [0.1, 0.15) is 17.4 Å². The van der Waals surface area contributed by atoms with E-state index in [0.717, 1.165) is 23.4 Å². The number of fused-ring (bicyclic) bond motifs is 5. The van der Waals surface area contributed by atoms with Gasteiger partial charge in [-0.15, -0.1) is 0 Å². The largest absolute Gasteiger partial charge is 0.454 e. The van der Waals surface area contributed by atoms with Crippen LogP contribution in [0.3, 0.4) is 0 Å². The fourth-order valence-electron chi connectivity index (χ4n) is 4.65. The van der Waals surface area contributed by atoms with Crippen LogP contribution in [-0.4, -0.2) is 38.8 Å². The highest BCUT2D eigenvalue weighted by atomic mass is 32.2. The van der Waals surface area contributed by atoms with E-state index in [1.807, 2.05) is 13.8 Å². The molecule has 2 unspecified atom stereocenters. The molecule has 33 heavy (non-hydrogen) atoms. The monoisotopic (exact) mass is 469 g/mol. The molecule has 1 aliphatic carbocycles. The Bertz CT molecular complexity index is 1260. The Labute approximate surface area is 191 Å². The topological polar surface area (TPSA) is 148 Å². The summed E-state index contributed by atoms with van der Waals surface area (Å²) in [4.78, 5) is 49.6. The number of nitro benzene ring substituents is 1. The molecule has 11 heteroatoms. The van der Waals surface area contributed by atoms with Gasteiger partial charge in [-0.1, -0.05) is 49.9 Å². The third-order valence-corrected chi connectivity index (χ3v) is 7.19.